The highest BCUT2D eigenvalue weighted by molar-refractivity contribution is 5.95. The maximum Gasteiger partial charge on any atom is 0.471 e. The summed E-state index contributed by atoms with van der Waals surface area (Å²) in [6.45, 7) is -0.225. The van der Waals surface area contributed by atoms with Crippen LogP contribution in [0, 0.1) is 0 Å². The number of aromatic hydroxyl groups is 2. The third-order valence-corrected chi connectivity index (χ3v) is 2.35. The van der Waals surface area contributed by atoms with E-state index in [1.54, 1.807) is 5.32 Å². The number of phenols is 2. The molecule has 0 aliphatic rings. The summed E-state index contributed by atoms with van der Waals surface area (Å²) in [5.41, 5.74) is 0.00632. The average Bonchev–Trinajstić information content (AvgIpc) is 2.35. The van der Waals surface area contributed by atoms with Crippen molar-refractivity contribution in [2.45, 2.75) is 12.6 Å². The molecule has 0 radical (unpaired) electrons. The third-order valence-electron chi connectivity index (χ3n) is 2.35. The maximum atomic E-state index is 11.9. The highest BCUT2D eigenvalue weighted by Gasteiger charge is 2.38. The first kappa shape index (κ1) is 16.6. The second kappa shape index (κ2) is 6.82. The molecule has 6 nitrogen and oxygen atoms in total. The molecule has 1 aromatic rings. The summed E-state index contributed by atoms with van der Waals surface area (Å²) in [6, 6.07) is 3.30. The van der Waals surface area contributed by atoms with Crippen LogP contribution in [0.4, 0.5) is 13.2 Å². The van der Waals surface area contributed by atoms with Gasteiger partial charge in [0.15, 0.2) is 0 Å². The van der Waals surface area contributed by atoms with Crippen LogP contribution in [0.3, 0.4) is 0 Å². The molecule has 0 aromatic heterocycles. The summed E-state index contributed by atoms with van der Waals surface area (Å²) in [4.78, 5) is 22.1. The van der Waals surface area contributed by atoms with Gasteiger partial charge in [0.2, 0.25) is 0 Å². The van der Waals surface area contributed by atoms with Gasteiger partial charge in [0.25, 0.3) is 5.91 Å². The fraction of sp³-hybridized carbons (Fsp3) is 0.333. The van der Waals surface area contributed by atoms with Gasteiger partial charge in [-0.3, -0.25) is 9.59 Å². The first-order chi connectivity index (χ1) is 9.70. The minimum absolute atomic E-state index is 0.00632. The number of phenolic OH excluding ortho intramolecular Hbond substituents is 2. The second-order valence-electron chi connectivity index (χ2n) is 4.10. The van der Waals surface area contributed by atoms with E-state index in [-0.39, 0.29) is 36.6 Å². The second-order valence-corrected chi connectivity index (χ2v) is 4.10. The molecule has 4 N–H and O–H groups in total. The minimum atomic E-state index is -4.93. The molecule has 0 saturated heterocycles. The Bertz CT molecular complexity index is 511. The van der Waals surface area contributed by atoms with Crippen LogP contribution in [0.1, 0.15) is 16.8 Å². The number of benzene rings is 1. The zero-order valence-corrected chi connectivity index (χ0v) is 10.7. The molecule has 9 heteroatoms. The van der Waals surface area contributed by atoms with Crippen molar-refractivity contribution in [3.8, 4) is 11.5 Å². The van der Waals surface area contributed by atoms with Gasteiger partial charge in [0.1, 0.15) is 11.5 Å². The Morgan fingerprint density at radius 1 is 1.00 bits per heavy atom. The highest BCUT2D eigenvalue weighted by Crippen LogP contribution is 2.20. The van der Waals surface area contributed by atoms with Gasteiger partial charge in [-0.05, 0) is 18.6 Å². The Balaban J connectivity index is 2.33. The quantitative estimate of drug-likeness (QED) is 0.607. The van der Waals surface area contributed by atoms with E-state index in [0.717, 1.165) is 18.2 Å². The van der Waals surface area contributed by atoms with Crippen molar-refractivity contribution in [3.05, 3.63) is 23.8 Å². The van der Waals surface area contributed by atoms with Crippen LogP contribution in [0.2, 0.25) is 0 Å². The predicted octanol–water partition coefficient (Wildman–Crippen LogP) is 0.896. The molecule has 0 heterocycles. The third kappa shape index (κ3) is 5.59. The first-order valence-electron chi connectivity index (χ1n) is 5.86. The lowest BCUT2D eigenvalue weighted by atomic mass is 10.2. The molecule has 0 spiro atoms. The zero-order chi connectivity index (χ0) is 16.0. The van der Waals surface area contributed by atoms with Crippen LogP contribution in [0.15, 0.2) is 18.2 Å². The summed E-state index contributed by atoms with van der Waals surface area (Å²) < 4.78 is 35.6. The first-order valence-corrected chi connectivity index (χ1v) is 5.86. The highest BCUT2D eigenvalue weighted by atomic mass is 19.4. The van der Waals surface area contributed by atoms with Crippen molar-refractivity contribution >= 4 is 11.8 Å². The number of alkyl halides is 3. The lowest BCUT2D eigenvalue weighted by Gasteiger charge is -2.09. The molecule has 1 aromatic carbocycles. The van der Waals surface area contributed by atoms with Gasteiger partial charge in [-0.2, -0.15) is 13.2 Å². The van der Waals surface area contributed by atoms with E-state index in [4.69, 9.17) is 0 Å². The van der Waals surface area contributed by atoms with Gasteiger partial charge in [0.05, 0.1) is 0 Å². The van der Waals surface area contributed by atoms with Crippen molar-refractivity contribution in [1.29, 1.82) is 0 Å². The van der Waals surface area contributed by atoms with Crippen LogP contribution < -0.4 is 10.6 Å². The summed E-state index contributed by atoms with van der Waals surface area (Å²) in [5.74, 6) is -3.23. The molecule has 0 aliphatic heterocycles. The molecule has 0 fully saturated rings. The fourth-order valence-electron chi connectivity index (χ4n) is 1.42. The van der Waals surface area contributed by atoms with Crippen LogP contribution in [0.5, 0.6) is 11.5 Å². The lowest BCUT2D eigenvalue weighted by molar-refractivity contribution is -0.173. The molecule has 0 unspecified atom stereocenters. The summed E-state index contributed by atoms with van der Waals surface area (Å²) >= 11 is 0. The number of halogens is 3. The predicted molar refractivity (Wildman–Crippen MR) is 65.8 cm³/mol. The number of carbonyl (C=O) groups is 2. The molecule has 0 aliphatic carbocycles. The molecule has 1 rings (SSSR count). The monoisotopic (exact) mass is 306 g/mol. The molecule has 21 heavy (non-hydrogen) atoms. The Labute approximate surface area is 117 Å². The van der Waals surface area contributed by atoms with Crippen LogP contribution in [-0.2, 0) is 4.79 Å². The van der Waals surface area contributed by atoms with Crippen molar-refractivity contribution in [2.24, 2.45) is 0 Å². The molecular weight excluding hydrogens is 293 g/mol. The molecular formula is C12H13F3N2O4. The van der Waals surface area contributed by atoms with Crippen molar-refractivity contribution in [2.75, 3.05) is 13.1 Å². The Hall–Kier alpha value is -2.45. The number of rotatable bonds is 5. The topological polar surface area (TPSA) is 98.7 Å². The Morgan fingerprint density at radius 2 is 1.52 bits per heavy atom. The van der Waals surface area contributed by atoms with Crippen molar-refractivity contribution in [1.82, 2.24) is 10.6 Å². The molecule has 0 atom stereocenters. The number of amides is 2. The minimum Gasteiger partial charge on any atom is -0.508 e. The van der Waals surface area contributed by atoms with Gasteiger partial charge in [-0.25, -0.2) is 0 Å². The molecule has 0 saturated carbocycles. The average molecular weight is 306 g/mol. The van der Waals surface area contributed by atoms with Crippen LogP contribution in [-0.4, -0.2) is 41.3 Å². The van der Waals surface area contributed by atoms with Crippen LogP contribution in [0.25, 0.3) is 0 Å². The van der Waals surface area contributed by atoms with Gasteiger partial charge in [0, 0.05) is 24.7 Å². The van der Waals surface area contributed by atoms with E-state index >= 15 is 0 Å². The van der Waals surface area contributed by atoms with Crippen molar-refractivity contribution < 1.29 is 33.0 Å². The summed E-state index contributed by atoms with van der Waals surface area (Å²) in [5, 5.41) is 22.4. The molecule has 0 bridgehead atoms. The van der Waals surface area contributed by atoms with Gasteiger partial charge in [-0.1, -0.05) is 0 Å². The van der Waals surface area contributed by atoms with E-state index in [2.05, 4.69) is 5.32 Å². The van der Waals surface area contributed by atoms with E-state index in [1.165, 1.54) is 0 Å². The number of hydrogen-bond acceptors (Lipinski definition) is 4. The van der Waals surface area contributed by atoms with Gasteiger partial charge < -0.3 is 20.8 Å². The molecule has 116 valence electrons. The Morgan fingerprint density at radius 3 is 2.05 bits per heavy atom. The van der Waals surface area contributed by atoms with Crippen molar-refractivity contribution in [3.63, 3.8) is 0 Å². The van der Waals surface area contributed by atoms with Gasteiger partial charge in [-0.15, -0.1) is 0 Å². The number of hydrogen-bond donors (Lipinski definition) is 4. The van der Waals surface area contributed by atoms with E-state index < -0.39 is 18.0 Å². The summed E-state index contributed by atoms with van der Waals surface area (Å²) in [6.07, 6.45) is -4.83. The smallest absolute Gasteiger partial charge is 0.471 e. The van der Waals surface area contributed by atoms with E-state index in [1.807, 2.05) is 0 Å². The molecule has 2 amide bonds. The largest absolute Gasteiger partial charge is 0.508 e. The number of nitrogens with one attached hydrogen (secondary N) is 2. The van der Waals surface area contributed by atoms with E-state index in [9.17, 15) is 33.0 Å². The maximum absolute atomic E-state index is 11.9. The summed E-state index contributed by atoms with van der Waals surface area (Å²) in [7, 11) is 0. The Kier molecular flexibility index (Phi) is 5.39. The fourth-order valence-corrected chi connectivity index (χ4v) is 1.42. The zero-order valence-electron chi connectivity index (χ0n) is 10.7. The standard InChI is InChI=1S/C12H13F3N2O4/c13-12(14,15)11(21)17-3-1-2-16-10(20)7-4-8(18)6-9(19)5-7/h4-6,18-19H,1-3H2,(H,16,20)(H,17,21). The van der Waals surface area contributed by atoms with E-state index in [0.29, 0.717) is 0 Å². The lowest BCUT2D eigenvalue weighted by Crippen LogP contribution is -2.38. The number of carbonyl (C=O) groups excluding carboxylic acids is 2. The SMILES string of the molecule is O=C(NCCCNC(=O)C(F)(F)F)c1cc(O)cc(O)c1. The van der Waals surface area contributed by atoms with Gasteiger partial charge >= 0.3 is 12.1 Å². The van der Waals surface area contributed by atoms with Crippen LogP contribution >= 0.6 is 0 Å². The normalized spacial score (nSPS) is 11.0.